The highest BCUT2D eigenvalue weighted by molar-refractivity contribution is 5.16. The van der Waals surface area contributed by atoms with Gasteiger partial charge in [-0.1, -0.05) is 18.2 Å². The van der Waals surface area contributed by atoms with Crippen molar-refractivity contribution in [3.05, 3.63) is 35.9 Å². The van der Waals surface area contributed by atoms with Crippen LogP contribution in [-0.4, -0.2) is 6.67 Å². The van der Waals surface area contributed by atoms with Crippen LogP contribution >= 0.6 is 0 Å². The topological polar surface area (TPSA) is 0 Å². The van der Waals surface area contributed by atoms with Crippen molar-refractivity contribution in [2.75, 3.05) is 6.67 Å². The first-order valence-corrected chi connectivity index (χ1v) is 3.00. The van der Waals surface area contributed by atoms with Gasteiger partial charge in [-0.05, 0) is 17.7 Å². The minimum atomic E-state index is -1.49. The number of halogens is 2. The lowest BCUT2D eigenvalue weighted by Crippen LogP contribution is -1.91. The maximum absolute atomic E-state index is 12.5. The molecule has 0 heterocycles. The van der Waals surface area contributed by atoms with E-state index in [0.717, 1.165) is 0 Å². The van der Waals surface area contributed by atoms with E-state index in [-0.39, 0.29) is 0 Å². The number of hydrogen-bond acceptors (Lipinski definition) is 0. The standard InChI is InChI=1S/C8H7F2/c9-6-8(10)7-4-2-1-3-5-7/h1-2,4-5,8H,6H2. The SMILES string of the molecule is FCC(F)c1c[c]ccc1. The van der Waals surface area contributed by atoms with E-state index < -0.39 is 12.8 Å². The van der Waals surface area contributed by atoms with Crippen LogP contribution < -0.4 is 0 Å². The molecular formula is C8H7F2. The zero-order valence-corrected chi connectivity index (χ0v) is 5.35. The van der Waals surface area contributed by atoms with Gasteiger partial charge < -0.3 is 0 Å². The molecule has 1 aromatic rings. The Morgan fingerprint density at radius 1 is 1.60 bits per heavy atom. The Hall–Kier alpha value is -0.920. The van der Waals surface area contributed by atoms with Crippen molar-refractivity contribution in [2.24, 2.45) is 0 Å². The van der Waals surface area contributed by atoms with Gasteiger partial charge >= 0.3 is 0 Å². The summed E-state index contributed by atoms with van der Waals surface area (Å²) in [5.74, 6) is 0. The summed E-state index contributed by atoms with van der Waals surface area (Å²) >= 11 is 0. The summed E-state index contributed by atoms with van der Waals surface area (Å²) in [6.45, 7) is -0.960. The molecule has 0 N–H and O–H groups in total. The number of rotatable bonds is 2. The van der Waals surface area contributed by atoms with E-state index in [1.54, 1.807) is 18.2 Å². The van der Waals surface area contributed by atoms with Crippen molar-refractivity contribution < 1.29 is 8.78 Å². The molecule has 1 unspecified atom stereocenters. The van der Waals surface area contributed by atoms with E-state index in [1.807, 2.05) is 0 Å². The first kappa shape index (κ1) is 7.19. The molecule has 0 aliphatic heterocycles. The van der Waals surface area contributed by atoms with Gasteiger partial charge in [-0.15, -0.1) is 0 Å². The highest BCUT2D eigenvalue weighted by Crippen LogP contribution is 2.15. The molecule has 0 saturated heterocycles. The molecule has 2 heteroatoms. The average Bonchev–Trinajstić information content (AvgIpc) is 2.05. The zero-order valence-electron chi connectivity index (χ0n) is 5.35. The van der Waals surface area contributed by atoms with Gasteiger partial charge in [-0.2, -0.15) is 0 Å². The molecule has 0 fully saturated rings. The van der Waals surface area contributed by atoms with Crippen molar-refractivity contribution >= 4 is 0 Å². The summed E-state index contributed by atoms with van der Waals surface area (Å²) in [6, 6.07) is 8.94. The van der Waals surface area contributed by atoms with E-state index in [0.29, 0.717) is 5.56 Å². The van der Waals surface area contributed by atoms with Crippen LogP contribution in [0.15, 0.2) is 24.3 Å². The van der Waals surface area contributed by atoms with Crippen molar-refractivity contribution in [1.82, 2.24) is 0 Å². The fourth-order valence-electron chi connectivity index (χ4n) is 0.691. The third-order valence-corrected chi connectivity index (χ3v) is 1.23. The minimum Gasteiger partial charge on any atom is -0.248 e. The van der Waals surface area contributed by atoms with E-state index in [2.05, 4.69) is 6.07 Å². The Bertz CT molecular complexity index is 184. The third-order valence-electron chi connectivity index (χ3n) is 1.23. The summed E-state index contributed by atoms with van der Waals surface area (Å²) in [7, 11) is 0. The maximum Gasteiger partial charge on any atom is 0.153 e. The molecule has 53 valence electrons. The highest BCUT2D eigenvalue weighted by Gasteiger charge is 2.06. The molecule has 0 bridgehead atoms. The molecule has 0 saturated carbocycles. The molecule has 0 aliphatic rings. The lowest BCUT2D eigenvalue weighted by molar-refractivity contribution is 0.266. The molecule has 0 amide bonds. The summed E-state index contributed by atoms with van der Waals surface area (Å²) in [5, 5.41) is 0. The highest BCUT2D eigenvalue weighted by atomic mass is 19.2. The molecule has 1 atom stereocenters. The van der Waals surface area contributed by atoms with Crippen molar-refractivity contribution in [1.29, 1.82) is 0 Å². The van der Waals surface area contributed by atoms with Gasteiger partial charge in [0.2, 0.25) is 0 Å². The van der Waals surface area contributed by atoms with E-state index >= 15 is 0 Å². The summed E-state index contributed by atoms with van der Waals surface area (Å²) in [5.41, 5.74) is 0.352. The van der Waals surface area contributed by atoms with Gasteiger partial charge in [0.1, 0.15) is 6.67 Å². The second-order valence-corrected chi connectivity index (χ2v) is 1.96. The fraction of sp³-hybridized carbons (Fsp3) is 0.250. The Kier molecular flexibility index (Phi) is 2.37. The largest absolute Gasteiger partial charge is 0.248 e. The van der Waals surface area contributed by atoms with Crippen molar-refractivity contribution in [3.63, 3.8) is 0 Å². The predicted octanol–water partition coefficient (Wildman–Crippen LogP) is 2.47. The summed E-state index contributed by atoms with van der Waals surface area (Å²) in [4.78, 5) is 0. The smallest absolute Gasteiger partial charge is 0.153 e. The molecular weight excluding hydrogens is 134 g/mol. The van der Waals surface area contributed by atoms with Gasteiger partial charge in [-0.3, -0.25) is 0 Å². The van der Waals surface area contributed by atoms with E-state index in [4.69, 9.17) is 0 Å². The Labute approximate surface area is 58.5 Å². The van der Waals surface area contributed by atoms with Gasteiger partial charge in [0.15, 0.2) is 6.17 Å². The quantitative estimate of drug-likeness (QED) is 0.593. The van der Waals surface area contributed by atoms with Crippen LogP contribution in [0.5, 0.6) is 0 Å². The normalized spacial score (nSPS) is 13.0. The molecule has 0 aromatic heterocycles. The van der Waals surface area contributed by atoms with Gasteiger partial charge in [0.05, 0.1) is 0 Å². The Morgan fingerprint density at radius 2 is 2.40 bits per heavy atom. The fourth-order valence-corrected chi connectivity index (χ4v) is 0.691. The number of hydrogen-bond donors (Lipinski definition) is 0. The molecule has 1 aromatic carbocycles. The third kappa shape index (κ3) is 1.53. The van der Waals surface area contributed by atoms with Crippen molar-refractivity contribution in [3.8, 4) is 0 Å². The zero-order chi connectivity index (χ0) is 7.40. The number of benzene rings is 1. The van der Waals surface area contributed by atoms with Crippen LogP contribution in [0.4, 0.5) is 8.78 Å². The van der Waals surface area contributed by atoms with E-state index in [1.165, 1.54) is 6.07 Å². The van der Waals surface area contributed by atoms with E-state index in [9.17, 15) is 8.78 Å². The Morgan fingerprint density at radius 3 is 2.90 bits per heavy atom. The van der Waals surface area contributed by atoms with Crippen LogP contribution in [0.1, 0.15) is 11.7 Å². The Balaban J connectivity index is 2.75. The van der Waals surface area contributed by atoms with Crippen LogP contribution in [0.3, 0.4) is 0 Å². The molecule has 0 spiro atoms. The molecule has 10 heavy (non-hydrogen) atoms. The maximum atomic E-state index is 12.5. The second kappa shape index (κ2) is 3.30. The number of alkyl halides is 2. The predicted molar refractivity (Wildman–Crippen MR) is 35.1 cm³/mol. The molecule has 0 nitrogen and oxygen atoms in total. The van der Waals surface area contributed by atoms with Crippen molar-refractivity contribution in [2.45, 2.75) is 6.17 Å². The van der Waals surface area contributed by atoms with Crippen LogP contribution in [-0.2, 0) is 0 Å². The second-order valence-electron chi connectivity index (χ2n) is 1.96. The molecule has 1 radical (unpaired) electrons. The minimum absolute atomic E-state index is 0.352. The molecule has 0 aliphatic carbocycles. The van der Waals surface area contributed by atoms with Gasteiger partial charge in [0.25, 0.3) is 0 Å². The lowest BCUT2D eigenvalue weighted by atomic mass is 10.1. The van der Waals surface area contributed by atoms with Crippen LogP contribution in [0, 0.1) is 6.07 Å². The molecule has 1 rings (SSSR count). The van der Waals surface area contributed by atoms with Gasteiger partial charge in [0, 0.05) is 0 Å². The first-order chi connectivity index (χ1) is 4.84. The van der Waals surface area contributed by atoms with Crippen LogP contribution in [0.2, 0.25) is 0 Å². The van der Waals surface area contributed by atoms with Crippen LogP contribution in [0.25, 0.3) is 0 Å². The average molecular weight is 141 g/mol. The monoisotopic (exact) mass is 141 g/mol. The summed E-state index contributed by atoms with van der Waals surface area (Å²) < 4.78 is 24.2. The lowest BCUT2D eigenvalue weighted by Gasteiger charge is -2.00. The summed E-state index contributed by atoms with van der Waals surface area (Å²) in [6.07, 6.45) is -1.49. The first-order valence-electron chi connectivity index (χ1n) is 3.00. The van der Waals surface area contributed by atoms with Gasteiger partial charge in [-0.25, -0.2) is 8.78 Å².